The molecule has 1 atom stereocenters. The fourth-order valence-electron chi connectivity index (χ4n) is 3.35. The van der Waals surface area contributed by atoms with Gasteiger partial charge < -0.3 is 10.1 Å². The van der Waals surface area contributed by atoms with Crippen molar-refractivity contribution in [1.29, 1.82) is 0 Å². The molecule has 1 unspecified atom stereocenters. The van der Waals surface area contributed by atoms with Crippen LogP contribution in [0.5, 0.6) is 5.75 Å². The Labute approximate surface area is 162 Å². The summed E-state index contributed by atoms with van der Waals surface area (Å²) in [5.74, 6) is 1.47. The zero-order chi connectivity index (χ0) is 19.0. The lowest BCUT2D eigenvalue weighted by atomic mass is 9.87. The van der Waals surface area contributed by atoms with Crippen molar-refractivity contribution in [3.05, 3.63) is 70.9 Å². The van der Waals surface area contributed by atoms with Crippen LogP contribution in [0.4, 0.5) is 5.82 Å². The largest absolute Gasteiger partial charge is 0.491 e. The van der Waals surface area contributed by atoms with Crippen LogP contribution >= 0.6 is 11.6 Å². The predicted octanol–water partition coefficient (Wildman–Crippen LogP) is 4.79. The number of hydrogen-bond donors (Lipinski definition) is 1. The van der Waals surface area contributed by atoms with E-state index in [2.05, 4.69) is 10.4 Å². The molecule has 0 bridgehead atoms. The number of anilines is 1. The lowest BCUT2D eigenvalue weighted by molar-refractivity contribution is -0.116. The van der Waals surface area contributed by atoms with E-state index < -0.39 is 0 Å². The summed E-state index contributed by atoms with van der Waals surface area (Å²) in [7, 11) is 0. The van der Waals surface area contributed by atoms with Gasteiger partial charge in [0, 0.05) is 22.9 Å². The van der Waals surface area contributed by atoms with Gasteiger partial charge in [-0.05, 0) is 55.8 Å². The molecule has 1 aliphatic rings. The number of nitrogens with one attached hydrogen (secondary N) is 1. The maximum Gasteiger partial charge on any atom is 0.226 e. The Morgan fingerprint density at radius 2 is 1.85 bits per heavy atom. The van der Waals surface area contributed by atoms with Gasteiger partial charge in [-0.15, -0.1) is 0 Å². The molecule has 0 saturated heterocycles. The van der Waals surface area contributed by atoms with E-state index in [1.165, 1.54) is 0 Å². The molecule has 138 valence electrons. The summed E-state index contributed by atoms with van der Waals surface area (Å²) < 4.78 is 7.45. The van der Waals surface area contributed by atoms with Gasteiger partial charge in [0.2, 0.25) is 5.91 Å². The summed E-state index contributed by atoms with van der Waals surface area (Å²) in [6.45, 7) is 3.99. The molecule has 0 spiro atoms. The Hall–Kier alpha value is -2.79. The Bertz CT molecular complexity index is 962. The van der Waals surface area contributed by atoms with E-state index >= 15 is 0 Å². The highest BCUT2D eigenvalue weighted by Gasteiger charge is 2.30. The third-order valence-electron chi connectivity index (χ3n) is 4.55. The molecular weight excluding hydrogens is 362 g/mol. The quantitative estimate of drug-likeness (QED) is 0.707. The number of halogens is 1. The molecule has 27 heavy (non-hydrogen) atoms. The van der Waals surface area contributed by atoms with E-state index in [1.807, 2.05) is 56.4 Å². The third-order valence-corrected chi connectivity index (χ3v) is 4.80. The Balaban J connectivity index is 1.69. The van der Waals surface area contributed by atoms with Gasteiger partial charge in [-0.1, -0.05) is 23.7 Å². The summed E-state index contributed by atoms with van der Waals surface area (Å²) in [5, 5.41) is 8.12. The van der Waals surface area contributed by atoms with E-state index in [1.54, 1.807) is 16.8 Å². The van der Waals surface area contributed by atoms with Crippen molar-refractivity contribution in [2.75, 3.05) is 5.32 Å². The normalized spacial score (nSPS) is 16.1. The van der Waals surface area contributed by atoms with E-state index in [9.17, 15) is 4.79 Å². The van der Waals surface area contributed by atoms with E-state index in [4.69, 9.17) is 16.3 Å². The maximum atomic E-state index is 12.4. The lowest BCUT2D eigenvalue weighted by Crippen LogP contribution is -2.24. The maximum absolute atomic E-state index is 12.4. The van der Waals surface area contributed by atoms with Crippen molar-refractivity contribution in [2.24, 2.45) is 0 Å². The number of amides is 1. The van der Waals surface area contributed by atoms with Crippen LogP contribution in [-0.4, -0.2) is 21.8 Å². The number of fused-ring (bicyclic) bond motifs is 1. The molecule has 2 aromatic carbocycles. The number of carbonyl (C=O) groups excluding carboxylic acids is 1. The summed E-state index contributed by atoms with van der Waals surface area (Å²) >= 11 is 5.98. The van der Waals surface area contributed by atoms with Gasteiger partial charge in [-0.3, -0.25) is 4.79 Å². The third kappa shape index (κ3) is 3.55. The SMILES string of the molecule is CC(C)Oc1ccc(C2CC(=O)Nc3c2cnn3-c2ccc(Cl)cc2)cc1. The highest BCUT2D eigenvalue weighted by Crippen LogP contribution is 2.38. The van der Waals surface area contributed by atoms with Gasteiger partial charge in [0.15, 0.2) is 0 Å². The Morgan fingerprint density at radius 1 is 1.15 bits per heavy atom. The second kappa shape index (κ2) is 7.08. The highest BCUT2D eigenvalue weighted by atomic mass is 35.5. The molecule has 2 heterocycles. The van der Waals surface area contributed by atoms with Crippen LogP contribution in [0.2, 0.25) is 5.02 Å². The number of carbonyl (C=O) groups is 1. The van der Waals surface area contributed by atoms with Gasteiger partial charge >= 0.3 is 0 Å². The van der Waals surface area contributed by atoms with E-state index in [-0.39, 0.29) is 17.9 Å². The Morgan fingerprint density at radius 3 is 2.52 bits per heavy atom. The van der Waals surface area contributed by atoms with Gasteiger partial charge in [0.05, 0.1) is 18.0 Å². The zero-order valence-corrected chi connectivity index (χ0v) is 15.9. The first-order valence-corrected chi connectivity index (χ1v) is 9.29. The van der Waals surface area contributed by atoms with Crippen LogP contribution in [0.25, 0.3) is 5.69 Å². The van der Waals surface area contributed by atoms with Gasteiger partial charge in [0.1, 0.15) is 11.6 Å². The molecule has 4 rings (SSSR count). The van der Waals surface area contributed by atoms with Crippen molar-refractivity contribution < 1.29 is 9.53 Å². The molecule has 5 nitrogen and oxygen atoms in total. The minimum absolute atomic E-state index is 0.0225. The Kier molecular flexibility index (Phi) is 4.62. The number of nitrogens with zero attached hydrogens (tertiary/aromatic N) is 2. The molecule has 1 amide bonds. The molecular formula is C21H20ClN3O2. The van der Waals surface area contributed by atoms with Crippen molar-refractivity contribution in [1.82, 2.24) is 9.78 Å². The van der Waals surface area contributed by atoms with Crippen LogP contribution in [0.1, 0.15) is 37.3 Å². The molecule has 3 aromatic rings. The summed E-state index contributed by atoms with van der Waals surface area (Å²) in [5.41, 5.74) is 2.92. The first-order valence-electron chi connectivity index (χ1n) is 8.91. The smallest absolute Gasteiger partial charge is 0.226 e. The molecule has 1 N–H and O–H groups in total. The molecule has 0 saturated carbocycles. The number of aromatic nitrogens is 2. The molecule has 1 aliphatic heterocycles. The van der Waals surface area contributed by atoms with Crippen LogP contribution in [0.3, 0.4) is 0 Å². The van der Waals surface area contributed by atoms with Crippen molar-refractivity contribution >= 4 is 23.3 Å². The van der Waals surface area contributed by atoms with E-state index in [0.29, 0.717) is 17.3 Å². The monoisotopic (exact) mass is 381 g/mol. The summed E-state index contributed by atoms with van der Waals surface area (Å²) in [6.07, 6.45) is 2.34. The highest BCUT2D eigenvalue weighted by molar-refractivity contribution is 6.30. The van der Waals surface area contributed by atoms with Gasteiger partial charge in [-0.25, -0.2) is 4.68 Å². The molecule has 0 aliphatic carbocycles. The average molecular weight is 382 g/mol. The van der Waals surface area contributed by atoms with Crippen LogP contribution in [-0.2, 0) is 4.79 Å². The van der Waals surface area contributed by atoms with Crippen molar-refractivity contribution in [3.8, 4) is 11.4 Å². The predicted molar refractivity (Wildman–Crippen MR) is 106 cm³/mol. The molecule has 1 aromatic heterocycles. The number of ether oxygens (including phenoxy) is 1. The first-order chi connectivity index (χ1) is 13.0. The standard InChI is InChI=1S/C21H20ClN3O2/c1-13(2)27-17-9-3-14(4-10-17)18-11-20(26)24-21-19(18)12-23-25(21)16-7-5-15(22)6-8-16/h3-10,12-13,18H,11H2,1-2H3,(H,24,26). The molecule has 0 radical (unpaired) electrons. The summed E-state index contributed by atoms with van der Waals surface area (Å²) in [4.78, 5) is 12.4. The van der Waals surface area contributed by atoms with Crippen molar-refractivity contribution in [2.45, 2.75) is 32.3 Å². The van der Waals surface area contributed by atoms with Crippen LogP contribution < -0.4 is 10.1 Å². The minimum atomic E-state index is -0.0390. The van der Waals surface area contributed by atoms with Gasteiger partial charge in [-0.2, -0.15) is 5.10 Å². The lowest BCUT2D eigenvalue weighted by Gasteiger charge is -2.24. The van der Waals surface area contributed by atoms with Crippen LogP contribution in [0, 0.1) is 0 Å². The summed E-state index contributed by atoms with van der Waals surface area (Å²) in [6, 6.07) is 15.3. The fourth-order valence-corrected chi connectivity index (χ4v) is 3.47. The number of rotatable bonds is 4. The second-order valence-corrected chi connectivity index (χ2v) is 7.31. The second-order valence-electron chi connectivity index (χ2n) is 6.88. The topological polar surface area (TPSA) is 56.1 Å². The number of hydrogen-bond acceptors (Lipinski definition) is 3. The van der Waals surface area contributed by atoms with Crippen LogP contribution in [0.15, 0.2) is 54.7 Å². The minimum Gasteiger partial charge on any atom is -0.491 e. The fraction of sp³-hybridized carbons (Fsp3) is 0.238. The molecule has 6 heteroatoms. The van der Waals surface area contributed by atoms with Gasteiger partial charge in [0.25, 0.3) is 0 Å². The zero-order valence-electron chi connectivity index (χ0n) is 15.1. The number of benzene rings is 2. The van der Waals surface area contributed by atoms with E-state index in [0.717, 1.165) is 22.6 Å². The van der Waals surface area contributed by atoms with Crippen molar-refractivity contribution in [3.63, 3.8) is 0 Å². The molecule has 0 fully saturated rings. The average Bonchev–Trinajstić information content (AvgIpc) is 3.05. The first kappa shape index (κ1) is 17.6.